The summed E-state index contributed by atoms with van der Waals surface area (Å²) in [7, 11) is 1.87. The number of hydrogen-bond acceptors (Lipinski definition) is 4. The minimum Gasteiger partial charge on any atom is -0.508 e. The Morgan fingerprint density at radius 2 is 2.00 bits per heavy atom. The molecule has 0 spiro atoms. The molecule has 5 heteroatoms. The van der Waals surface area contributed by atoms with Gasteiger partial charge in [-0.15, -0.1) is 0 Å². The smallest absolute Gasteiger partial charge is 0.147 e. The molecule has 0 amide bonds. The van der Waals surface area contributed by atoms with Gasteiger partial charge in [-0.25, -0.2) is 0 Å². The highest BCUT2D eigenvalue weighted by Gasteiger charge is 2.08. The first-order valence-corrected chi connectivity index (χ1v) is 5.89. The number of aromatic nitrogens is 2. The van der Waals surface area contributed by atoms with E-state index in [2.05, 4.69) is 10.4 Å². The SMILES string of the molecule is Cc1nn(C)c(NCCc2ccc(O)cc2)c1N. The van der Waals surface area contributed by atoms with Crippen molar-refractivity contribution in [1.82, 2.24) is 9.78 Å². The monoisotopic (exact) mass is 246 g/mol. The van der Waals surface area contributed by atoms with Crippen molar-refractivity contribution in [3.8, 4) is 5.75 Å². The molecule has 0 bridgehead atoms. The number of rotatable bonds is 4. The van der Waals surface area contributed by atoms with Crippen molar-refractivity contribution in [1.29, 1.82) is 0 Å². The van der Waals surface area contributed by atoms with Crippen molar-refractivity contribution in [2.45, 2.75) is 13.3 Å². The van der Waals surface area contributed by atoms with Crippen LogP contribution in [0.3, 0.4) is 0 Å². The van der Waals surface area contributed by atoms with Gasteiger partial charge in [0, 0.05) is 13.6 Å². The molecule has 0 fully saturated rings. The van der Waals surface area contributed by atoms with Crippen molar-refractivity contribution in [3.63, 3.8) is 0 Å². The number of nitrogens with one attached hydrogen (secondary N) is 1. The summed E-state index contributed by atoms with van der Waals surface area (Å²) in [4.78, 5) is 0. The van der Waals surface area contributed by atoms with E-state index in [9.17, 15) is 5.11 Å². The molecule has 1 heterocycles. The third kappa shape index (κ3) is 2.56. The fourth-order valence-corrected chi connectivity index (χ4v) is 1.87. The average molecular weight is 246 g/mol. The zero-order chi connectivity index (χ0) is 13.1. The number of phenols is 1. The van der Waals surface area contributed by atoms with Crippen LogP contribution < -0.4 is 11.1 Å². The number of benzene rings is 1. The average Bonchev–Trinajstić information content (AvgIpc) is 2.58. The van der Waals surface area contributed by atoms with Crippen LogP contribution in [0.15, 0.2) is 24.3 Å². The Labute approximate surface area is 106 Å². The van der Waals surface area contributed by atoms with Crippen LogP contribution in [0.5, 0.6) is 5.75 Å². The predicted octanol–water partition coefficient (Wildman–Crippen LogP) is 1.67. The third-order valence-electron chi connectivity index (χ3n) is 2.91. The molecule has 0 aliphatic carbocycles. The topological polar surface area (TPSA) is 76.1 Å². The second-order valence-electron chi connectivity index (χ2n) is 4.31. The Kier molecular flexibility index (Phi) is 3.41. The maximum atomic E-state index is 9.19. The zero-order valence-corrected chi connectivity index (χ0v) is 10.6. The number of aromatic hydroxyl groups is 1. The molecule has 1 aromatic heterocycles. The first-order valence-electron chi connectivity index (χ1n) is 5.89. The minimum absolute atomic E-state index is 0.290. The third-order valence-corrected chi connectivity index (χ3v) is 2.91. The van der Waals surface area contributed by atoms with Crippen LogP contribution in [0, 0.1) is 6.92 Å². The lowest BCUT2D eigenvalue weighted by molar-refractivity contribution is 0.475. The summed E-state index contributed by atoms with van der Waals surface area (Å²) in [5, 5.41) is 16.7. The lowest BCUT2D eigenvalue weighted by Gasteiger charge is -2.07. The molecule has 4 N–H and O–H groups in total. The molecule has 0 aliphatic heterocycles. The van der Waals surface area contributed by atoms with Crippen LogP contribution in [0.4, 0.5) is 11.5 Å². The van der Waals surface area contributed by atoms with Gasteiger partial charge in [0.2, 0.25) is 0 Å². The van der Waals surface area contributed by atoms with Gasteiger partial charge < -0.3 is 16.2 Å². The van der Waals surface area contributed by atoms with Crippen LogP contribution in [0.2, 0.25) is 0 Å². The summed E-state index contributed by atoms with van der Waals surface area (Å²) in [6, 6.07) is 7.21. The first-order chi connectivity index (χ1) is 8.58. The van der Waals surface area contributed by atoms with E-state index in [4.69, 9.17) is 5.73 Å². The van der Waals surface area contributed by atoms with Gasteiger partial charge in [0.15, 0.2) is 0 Å². The van der Waals surface area contributed by atoms with Gasteiger partial charge in [0.25, 0.3) is 0 Å². The molecule has 0 saturated carbocycles. The highest BCUT2D eigenvalue weighted by molar-refractivity contribution is 5.64. The number of anilines is 2. The second-order valence-corrected chi connectivity index (χ2v) is 4.31. The number of phenolic OH excluding ortho intramolecular Hbond substituents is 1. The maximum Gasteiger partial charge on any atom is 0.147 e. The molecular weight excluding hydrogens is 228 g/mol. The molecule has 18 heavy (non-hydrogen) atoms. The molecule has 2 aromatic rings. The maximum absolute atomic E-state index is 9.19. The van der Waals surface area contributed by atoms with E-state index in [1.807, 2.05) is 26.1 Å². The van der Waals surface area contributed by atoms with Crippen molar-refractivity contribution in [2.75, 3.05) is 17.6 Å². The summed E-state index contributed by atoms with van der Waals surface area (Å²) in [5.74, 6) is 1.14. The number of hydrogen-bond donors (Lipinski definition) is 3. The van der Waals surface area contributed by atoms with E-state index in [1.165, 1.54) is 0 Å². The molecule has 0 atom stereocenters. The summed E-state index contributed by atoms with van der Waals surface area (Å²) in [5.41, 5.74) is 8.62. The molecule has 5 nitrogen and oxygen atoms in total. The van der Waals surface area contributed by atoms with Gasteiger partial charge in [0.1, 0.15) is 11.6 Å². The van der Waals surface area contributed by atoms with Crippen LogP contribution in [0.25, 0.3) is 0 Å². The largest absolute Gasteiger partial charge is 0.508 e. The van der Waals surface area contributed by atoms with Crippen LogP contribution in [-0.2, 0) is 13.5 Å². The van der Waals surface area contributed by atoms with Gasteiger partial charge in [-0.2, -0.15) is 5.10 Å². The standard InChI is InChI=1S/C13H18N4O/c1-9-12(14)13(17(2)16-9)15-8-7-10-3-5-11(18)6-4-10/h3-6,15,18H,7-8,14H2,1-2H3. The lowest BCUT2D eigenvalue weighted by Crippen LogP contribution is -2.09. The minimum atomic E-state index is 0.290. The normalized spacial score (nSPS) is 10.6. The molecule has 0 unspecified atom stereocenters. The molecule has 0 aliphatic rings. The van der Waals surface area contributed by atoms with Gasteiger partial charge >= 0.3 is 0 Å². The van der Waals surface area contributed by atoms with Crippen molar-refractivity contribution in [3.05, 3.63) is 35.5 Å². The predicted molar refractivity (Wildman–Crippen MR) is 72.7 cm³/mol. The number of aryl methyl sites for hydroxylation is 2. The molecular formula is C13H18N4O. The van der Waals surface area contributed by atoms with Gasteiger partial charge in [-0.05, 0) is 31.0 Å². The Morgan fingerprint density at radius 3 is 2.56 bits per heavy atom. The molecule has 1 aromatic carbocycles. The van der Waals surface area contributed by atoms with Gasteiger partial charge in [0.05, 0.1) is 11.4 Å². The Morgan fingerprint density at radius 1 is 1.33 bits per heavy atom. The van der Waals surface area contributed by atoms with E-state index in [0.717, 1.165) is 30.0 Å². The van der Waals surface area contributed by atoms with Crippen molar-refractivity contribution in [2.24, 2.45) is 7.05 Å². The number of nitrogens with two attached hydrogens (primary N) is 1. The van der Waals surface area contributed by atoms with Crippen molar-refractivity contribution >= 4 is 11.5 Å². The second kappa shape index (κ2) is 5.00. The van der Waals surface area contributed by atoms with Crippen molar-refractivity contribution < 1.29 is 5.11 Å². The van der Waals surface area contributed by atoms with Gasteiger partial charge in [-0.1, -0.05) is 12.1 Å². The van der Waals surface area contributed by atoms with Crippen LogP contribution in [0.1, 0.15) is 11.3 Å². The summed E-state index contributed by atoms with van der Waals surface area (Å²) in [6.07, 6.45) is 0.865. The van der Waals surface area contributed by atoms with E-state index in [-0.39, 0.29) is 0 Å². The lowest BCUT2D eigenvalue weighted by atomic mass is 10.1. The summed E-state index contributed by atoms with van der Waals surface area (Å²) in [6.45, 7) is 2.66. The highest BCUT2D eigenvalue weighted by atomic mass is 16.3. The fourth-order valence-electron chi connectivity index (χ4n) is 1.87. The number of nitrogen functional groups attached to an aromatic ring is 1. The van der Waals surface area contributed by atoms with E-state index in [0.29, 0.717) is 11.4 Å². The fraction of sp³-hybridized carbons (Fsp3) is 0.308. The summed E-state index contributed by atoms with van der Waals surface area (Å²) < 4.78 is 1.75. The first kappa shape index (κ1) is 12.3. The highest BCUT2D eigenvalue weighted by Crippen LogP contribution is 2.20. The molecule has 2 rings (SSSR count). The molecule has 0 saturated heterocycles. The molecule has 0 radical (unpaired) electrons. The molecule has 96 valence electrons. The summed E-state index contributed by atoms with van der Waals surface area (Å²) >= 11 is 0. The number of nitrogens with zero attached hydrogens (tertiary/aromatic N) is 2. The Hall–Kier alpha value is -2.17. The Balaban J connectivity index is 1.94. The Bertz CT molecular complexity index is 531. The van der Waals surface area contributed by atoms with Gasteiger partial charge in [-0.3, -0.25) is 4.68 Å². The quantitative estimate of drug-likeness (QED) is 0.767. The van der Waals surface area contributed by atoms with Crippen LogP contribution >= 0.6 is 0 Å². The van der Waals surface area contributed by atoms with Crippen LogP contribution in [-0.4, -0.2) is 21.4 Å². The van der Waals surface area contributed by atoms with E-state index in [1.54, 1.807) is 16.8 Å². The van der Waals surface area contributed by atoms with E-state index >= 15 is 0 Å². The zero-order valence-electron chi connectivity index (χ0n) is 10.6. The van der Waals surface area contributed by atoms with E-state index < -0.39 is 0 Å².